The summed E-state index contributed by atoms with van der Waals surface area (Å²) >= 11 is 2.40. The molecule has 1 amide bonds. The van der Waals surface area contributed by atoms with E-state index in [0.717, 1.165) is 19.0 Å². The molecule has 11 heavy (non-hydrogen) atoms. The summed E-state index contributed by atoms with van der Waals surface area (Å²) in [4.78, 5) is 12.9. The molecule has 1 unspecified atom stereocenters. The molecule has 0 bridgehead atoms. The zero-order valence-electron chi connectivity index (χ0n) is 6.85. The Morgan fingerprint density at radius 2 is 2.45 bits per heavy atom. The van der Waals surface area contributed by atoms with Crippen LogP contribution in [0.15, 0.2) is 0 Å². The first-order valence-electron chi connectivity index (χ1n) is 4.05. The molecule has 3 heteroatoms. The van der Waals surface area contributed by atoms with Crippen LogP contribution in [0.2, 0.25) is 0 Å². The van der Waals surface area contributed by atoms with Gasteiger partial charge in [0.15, 0.2) is 0 Å². The first-order valence-corrected chi connectivity index (χ1v) is 5.58. The summed E-state index contributed by atoms with van der Waals surface area (Å²) in [6.07, 6.45) is 2.49. The maximum Gasteiger partial charge on any atom is 0.219 e. The number of piperidine rings is 1. The van der Waals surface area contributed by atoms with Crippen molar-refractivity contribution < 1.29 is 4.79 Å². The average molecular weight is 267 g/mol. The summed E-state index contributed by atoms with van der Waals surface area (Å²) in [6, 6.07) is 0. The standard InChI is InChI=1S/C8H14INO/c1-7(11)10-4-2-3-8(5-9)6-10/h8H,2-6H2,1H3. The maximum absolute atomic E-state index is 11.0. The predicted octanol–water partition coefficient (Wildman–Crippen LogP) is 1.68. The van der Waals surface area contributed by atoms with Crippen LogP contribution in [-0.2, 0) is 4.79 Å². The van der Waals surface area contributed by atoms with Crippen LogP contribution in [-0.4, -0.2) is 28.3 Å². The van der Waals surface area contributed by atoms with E-state index in [2.05, 4.69) is 22.6 Å². The Morgan fingerprint density at radius 1 is 1.73 bits per heavy atom. The second-order valence-corrected chi connectivity index (χ2v) is 4.01. The molecule has 0 radical (unpaired) electrons. The monoisotopic (exact) mass is 267 g/mol. The lowest BCUT2D eigenvalue weighted by Gasteiger charge is -2.30. The zero-order chi connectivity index (χ0) is 8.27. The minimum atomic E-state index is 0.236. The predicted molar refractivity (Wildman–Crippen MR) is 53.9 cm³/mol. The van der Waals surface area contributed by atoms with E-state index in [-0.39, 0.29) is 5.91 Å². The molecule has 1 fully saturated rings. The third-order valence-electron chi connectivity index (χ3n) is 2.18. The van der Waals surface area contributed by atoms with Crippen LogP contribution in [0.5, 0.6) is 0 Å². The van der Waals surface area contributed by atoms with Gasteiger partial charge in [-0.2, -0.15) is 0 Å². The first kappa shape index (κ1) is 9.29. The van der Waals surface area contributed by atoms with Gasteiger partial charge in [0.1, 0.15) is 0 Å². The Kier molecular flexibility index (Phi) is 3.62. The molecule has 0 aromatic carbocycles. The number of rotatable bonds is 1. The number of halogens is 1. The van der Waals surface area contributed by atoms with Crippen LogP contribution in [0, 0.1) is 5.92 Å². The van der Waals surface area contributed by atoms with E-state index in [0.29, 0.717) is 0 Å². The Balaban J connectivity index is 2.39. The SMILES string of the molecule is CC(=O)N1CCCC(CI)C1. The highest BCUT2D eigenvalue weighted by Crippen LogP contribution is 2.18. The number of hydrogen-bond acceptors (Lipinski definition) is 1. The van der Waals surface area contributed by atoms with E-state index >= 15 is 0 Å². The van der Waals surface area contributed by atoms with Gasteiger partial charge in [0.25, 0.3) is 0 Å². The van der Waals surface area contributed by atoms with Crippen molar-refractivity contribution in [2.45, 2.75) is 19.8 Å². The van der Waals surface area contributed by atoms with Crippen molar-refractivity contribution in [3.05, 3.63) is 0 Å². The fourth-order valence-corrected chi connectivity index (χ4v) is 2.20. The van der Waals surface area contributed by atoms with E-state index in [1.54, 1.807) is 6.92 Å². The summed E-state index contributed by atoms with van der Waals surface area (Å²) in [7, 11) is 0. The van der Waals surface area contributed by atoms with Crippen LogP contribution >= 0.6 is 22.6 Å². The Morgan fingerprint density at radius 3 is 3.00 bits per heavy atom. The smallest absolute Gasteiger partial charge is 0.219 e. The minimum Gasteiger partial charge on any atom is -0.343 e. The van der Waals surface area contributed by atoms with Crippen molar-refractivity contribution in [3.63, 3.8) is 0 Å². The lowest BCUT2D eigenvalue weighted by Crippen LogP contribution is -2.38. The van der Waals surface area contributed by atoms with Gasteiger partial charge >= 0.3 is 0 Å². The highest BCUT2D eigenvalue weighted by molar-refractivity contribution is 14.1. The first-order chi connectivity index (χ1) is 5.24. The molecule has 0 aromatic rings. The van der Waals surface area contributed by atoms with E-state index < -0.39 is 0 Å². The van der Waals surface area contributed by atoms with E-state index in [4.69, 9.17) is 0 Å². The van der Waals surface area contributed by atoms with Crippen molar-refractivity contribution in [1.82, 2.24) is 4.90 Å². The van der Waals surface area contributed by atoms with Crippen molar-refractivity contribution in [2.24, 2.45) is 5.92 Å². The minimum absolute atomic E-state index is 0.236. The van der Waals surface area contributed by atoms with Crippen LogP contribution in [0.3, 0.4) is 0 Å². The highest BCUT2D eigenvalue weighted by atomic mass is 127. The van der Waals surface area contributed by atoms with Gasteiger partial charge in [-0.05, 0) is 18.8 Å². The van der Waals surface area contributed by atoms with Crippen molar-refractivity contribution in [2.75, 3.05) is 17.5 Å². The number of alkyl halides is 1. The Labute approximate surface area is 81.5 Å². The Hall–Kier alpha value is 0.200. The van der Waals surface area contributed by atoms with E-state index in [1.165, 1.54) is 17.3 Å². The van der Waals surface area contributed by atoms with Crippen LogP contribution < -0.4 is 0 Å². The third kappa shape index (κ3) is 2.61. The summed E-state index contributed by atoms with van der Waals surface area (Å²) in [5, 5.41) is 0. The molecule has 0 aromatic heterocycles. The van der Waals surface area contributed by atoms with Gasteiger partial charge in [0, 0.05) is 24.4 Å². The van der Waals surface area contributed by atoms with Crippen molar-refractivity contribution >= 4 is 28.5 Å². The van der Waals surface area contributed by atoms with Gasteiger partial charge in [0.2, 0.25) is 5.91 Å². The quantitative estimate of drug-likeness (QED) is 0.523. The molecular weight excluding hydrogens is 253 g/mol. The molecule has 0 spiro atoms. The van der Waals surface area contributed by atoms with Crippen LogP contribution in [0.4, 0.5) is 0 Å². The molecule has 1 heterocycles. The Bertz CT molecular complexity index is 149. The normalized spacial score (nSPS) is 25.3. The fraction of sp³-hybridized carbons (Fsp3) is 0.875. The highest BCUT2D eigenvalue weighted by Gasteiger charge is 2.19. The average Bonchev–Trinajstić information content (AvgIpc) is 2.05. The van der Waals surface area contributed by atoms with Gasteiger partial charge in [0.05, 0.1) is 0 Å². The largest absolute Gasteiger partial charge is 0.343 e. The number of carbonyl (C=O) groups excluding carboxylic acids is 1. The molecule has 0 N–H and O–H groups in total. The van der Waals surface area contributed by atoms with Gasteiger partial charge in [-0.3, -0.25) is 4.79 Å². The number of nitrogens with zero attached hydrogens (tertiary/aromatic N) is 1. The van der Waals surface area contributed by atoms with Gasteiger partial charge in [-0.15, -0.1) is 0 Å². The van der Waals surface area contributed by atoms with Crippen molar-refractivity contribution in [3.8, 4) is 0 Å². The molecule has 64 valence electrons. The molecular formula is C8H14INO. The van der Waals surface area contributed by atoms with Crippen molar-refractivity contribution in [1.29, 1.82) is 0 Å². The van der Waals surface area contributed by atoms with Gasteiger partial charge in [-0.25, -0.2) is 0 Å². The summed E-state index contributed by atoms with van der Waals surface area (Å²) in [6.45, 7) is 3.62. The second-order valence-electron chi connectivity index (χ2n) is 3.13. The molecule has 0 aliphatic carbocycles. The maximum atomic E-state index is 11.0. The van der Waals surface area contributed by atoms with Crippen LogP contribution in [0.25, 0.3) is 0 Å². The lowest BCUT2D eigenvalue weighted by molar-refractivity contribution is -0.130. The third-order valence-corrected chi connectivity index (χ3v) is 3.43. The number of likely N-dealkylation sites (tertiary alicyclic amines) is 1. The van der Waals surface area contributed by atoms with E-state index in [1.807, 2.05) is 4.90 Å². The molecule has 1 rings (SSSR count). The summed E-state index contributed by atoms with van der Waals surface area (Å²) in [5.41, 5.74) is 0. The molecule has 1 aliphatic heterocycles. The molecule has 1 saturated heterocycles. The topological polar surface area (TPSA) is 20.3 Å². The fourth-order valence-electron chi connectivity index (χ4n) is 1.48. The molecule has 0 saturated carbocycles. The number of hydrogen-bond donors (Lipinski definition) is 0. The lowest BCUT2D eigenvalue weighted by atomic mass is 10.0. The summed E-state index contributed by atoms with van der Waals surface area (Å²) in [5.74, 6) is 0.979. The van der Waals surface area contributed by atoms with E-state index in [9.17, 15) is 4.79 Å². The molecule has 2 nitrogen and oxygen atoms in total. The number of carbonyl (C=O) groups is 1. The van der Waals surface area contributed by atoms with Gasteiger partial charge < -0.3 is 4.90 Å². The second kappa shape index (κ2) is 4.28. The number of amides is 1. The summed E-state index contributed by atoms with van der Waals surface area (Å²) < 4.78 is 1.18. The van der Waals surface area contributed by atoms with Gasteiger partial charge in [-0.1, -0.05) is 22.6 Å². The molecule has 1 atom stereocenters. The molecule has 1 aliphatic rings. The zero-order valence-corrected chi connectivity index (χ0v) is 9.00. The van der Waals surface area contributed by atoms with Crippen LogP contribution in [0.1, 0.15) is 19.8 Å².